The molecule has 7 heteroatoms. The molecule has 0 aromatic carbocycles. The summed E-state index contributed by atoms with van der Waals surface area (Å²) >= 11 is 7.06. The second kappa shape index (κ2) is 12.1. The van der Waals surface area contributed by atoms with Crippen molar-refractivity contribution in [1.82, 2.24) is 0 Å². The van der Waals surface area contributed by atoms with Crippen LogP contribution in [0.5, 0.6) is 0 Å². The molecule has 0 amide bonds. The van der Waals surface area contributed by atoms with Crippen LogP contribution < -0.4 is 0 Å². The zero-order valence-corrected chi connectivity index (χ0v) is 21.8. The minimum Gasteiger partial charge on any atom is -0.169 e. The Hall–Kier alpha value is 0.930. The lowest BCUT2D eigenvalue weighted by molar-refractivity contribution is -0.167. The third-order valence-electron chi connectivity index (χ3n) is 5.67. The first kappa shape index (κ1) is 28.9. The van der Waals surface area contributed by atoms with Crippen LogP contribution in [0.25, 0.3) is 0 Å². The van der Waals surface area contributed by atoms with Gasteiger partial charge in [-0.15, -0.1) is 30.0 Å². The number of halogens is 3. The van der Waals surface area contributed by atoms with Gasteiger partial charge in [0.15, 0.2) is 0 Å². The Bertz CT molecular complexity index is 457. The van der Waals surface area contributed by atoms with Crippen molar-refractivity contribution in [2.24, 2.45) is 16.7 Å². The first-order valence-corrected chi connectivity index (χ1v) is 14.3. The fraction of sp³-hybridized carbons (Fsp3) is 0.905. The number of hydrogen-bond donors (Lipinski definition) is 1. The van der Waals surface area contributed by atoms with E-state index in [1.807, 2.05) is 31.7 Å². The van der Waals surface area contributed by atoms with E-state index in [1.54, 1.807) is 24.0 Å². The predicted octanol–water partition coefficient (Wildman–Crippen LogP) is 8.79. The van der Waals surface area contributed by atoms with Crippen molar-refractivity contribution in [1.29, 1.82) is 0 Å². The molecule has 0 saturated heterocycles. The van der Waals surface area contributed by atoms with Gasteiger partial charge in [0.25, 0.3) is 0 Å². The average Bonchev–Trinajstić information content (AvgIpc) is 2.57. The minimum atomic E-state index is -4.18. The van der Waals surface area contributed by atoms with Crippen molar-refractivity contribution in [2.75, 3.05) is 18.3 Å². The Morgan fingerprint density at radius 2 is 1.64 bits per heavy atom. The summed E-state index contributed by atoms with van der Waals surface area (Å²) in [6, 6.07) is 0. The maximum absolute atomic E-state index is 13.8. The van der Waals surface area contributed by atoms with Gasteiger partial charge in [0.2, 0.25) is 0 Å². The Kier molecular flexibility index (Phi) is 12.5. The molecule has 0 heterocycles. The van der Waals surface area contributed by atoms with E-state index in [0.29, 0.717) is 11.2 Å². The van der Waals surface area contributed by atoms with Crippen molar-refractivity contribution in [3.05, 3.63) is 12.7 Å². The quantitative estimate of drug-likeness (QED) is 0.151. The van der Waals surface area contributed by atoms with Crippen LogP contribution in [0.1, 0.15) is 66.7 Å². The summed E-state index contributed by atoms with van der Waals surface area (Å²) in [6.45, 7) is 14.2. The van der Waals surface area contributed by atoms with Gasteiger partial charge in [0.1, 0.15) is 4.75 Å². The summed E-state index contributed by atoms with van der Waals surface area (Å²) in [5.74, 6) is 1.31. The molecule has 0 spiro atoms. The maximum atomic E-state index is 13.8. The Morgan fingerprint density at radius 1 is 1.07 bits per heavy atom. The number of hydrogen-bond acceptors (Lipinski definition) is 4. The lowest BCUT2D eigenvalue weighted by atomic mass is 9.75. The van der Waals surface area contributed by atoms with E-state index in [2.05, 4.69) is 38.3 Å². The van der Waals surface area contributed by atoms with Gasteiger partial charge in [0, 0.05) is 11.0 Å². The van der Waals surface area contributed by atoms with Gasteiger partial charge >= 0.3 is 6.18 Å². The minimum absolute atomic E-state index is 0.109. The van der Waals surface area contributed by atoms with E-state index < -0.39 is 10.9 Å². The van der Waals surface area contributed by atoms with Crippen molar-refractivity contribution in [2.45, 2.75) is 82.9 Å². The third kappa shape index (κ3) is 8.97. The normalized spacial score (nSPS) is 17.8. The van der Waals surface area contributed by atoms with Crippen LogP contribution in [0.15, 0.2) is 12.7 Å². The highest BCUT2D eigenvalue weighted by atomic mass is 33.1. The van der Waals surface area contributed by atoms with Crippen LogP contribution in [0, 0.1) is 16.7 Å². The highest BCUT2D eigenvalue weighted by Gasteiger charge is 2.54. The van der Waals surface area contributed by atoms with Gasteiger partial charge in [-0.3, -0.25) is 0 Å². The van der Waals surface area contributed by atoms with Gasteiger partial charge < -0.3 is 0 Å². The molecule has 168 valence electrons. The Balaban J connectivity index is 5.19. The molecular formula is C21H39F3S4. The van der Waals surface area contributed by atoms with E-state index in [4.69, 9.17) is 0 Å². The highest BCUT2D eigenvalue weighted by Crippen LogP contribution is 2.51. The standard InChI is InChI=1S/C21H39F3S4/c1-9-16(13-19(5,6)15-28-25)17(26-7)11-12-18(3,4)14-20(10-2,27-8)21(22,23)24/h9,16-17,25H,1,10-15H2,2-8H3. The number of rotatable bonds is 14. The van der Waals surface area contributed by atoms with E-state index in [-0.39, 0.29) is 23.7 Å². The zero-order valence-electron chi connectivity index (χ0n) is 18.5. The van der Waals surface area contributed by atoms with E-state index >= 15 is 0 Å². The topological polar surface area (TPSA) is 0 Å². The van der Waals surface area contributed by atoms with Gasteiger partial charge in [-0.2, -0.15) is 24.9 Å². The predicted molar refractivity (Wildman–Crippen MR) is 131 cm³/mol. The molecule has 0 radical (unpaired) electrons. The second-order valence-electron chi connectivity index (χ2n) is 9.24. The zero-order chi connectivity index (χ0) is 22.2. The molecule has 0 N–H and O–H groups in total. The smallest absolute Gasteiger partial charge is 0.169 e. The lowest BCUT2D eigenvalue weighted by Gasteiger charge is -2.40. The molecule has 0 aromatic heterocycles. The lowest BCUT2D eigenvalue weighted by Crippen LogP contribution is -2.45. The molecule has 0 bridgehead atoms. The maximum Gasteiger partial charge on any atom is 0.403 e. The summed E-state index contributed by atoms with van der Waals surface area (Å²) in [6.07, 6.45) is 4.51. The van der Waals surface area contributed by atoms with Crippen molar-refractivity contribution < 1.29 is 13.2 Å². The molecule has 0 aliphatic heterocycles. The molecule has 3 unspecified atom stereocenters. The van der Waals surface area contributed by atoms with E-state index in [9.17, 15) is 13.2 Å². The highest BCUT2D eigenvalue weighted by molar-refractivity contribution is 8.68. The van der Waals surface area contributed by atoms with Crippen LogP contribution >= 0.6 is 46.0 Å². The van der Waals surface area contributed by atoms with E-state index in [1.165, 1.54) is 0 Å². The summed E-state index contributed by atoms with van der Waals surface area (Å²) in [5.41, 5.74) is -0.216. The molecule has 0 nitrogen and oxygen atoms in total. The summed E-state index contributed by atoms with van der Waals surface area (Å²) in [7, 11) is 1.56. The Labute approximate surface area is 189 Å². The van der Waals surface area contributed by atoms with Crippen molar-refractivity contribution >= 4 is 46.0 Å². The van der Waals surface area contributed by atoms with E-state index in [0.717, 1.165) is 36.8 Å². The summed E-state index contributed by atoms with van der Waals surface area (Å²) in [5, 5.41) is 0.372. The largest absolute Gasteiger partial charge is 0.403 e. The van der Waals surface area contributed by atoms with Crippen LogP contribution in [0.3, 0.4) is 0 Å². The summed E-state index contributed by atoms with van der Waals surface area (Å²) in [4.78, 5) is 0. The first-order chi connectivity index (χ1) is 12.7. The molecule has 0 saturated carbocycles. The van der Waals surface area contributed by atoms with Crippen LogP contribution in [-0.2, 0) is 0 Å². The number of thiol groups is 1. The molecule has 3 atom stereocenters. The van der Waals surface area contributed by atoms with Crippen molar-refractivity contribution in [3.8, 4) is 0 Å². The van der Waals surface area contributed by atoms with Crippen molar-refractivity contribution in [3.63, 3.8) is 0 Å². The molecule has 0 aromatic rings. The Morgan fingerprint density at radius 3 is 2.00 bits per heavy atom. The van der Waals surface area contributed by atoms with Gasteiger partial charge in [0.05, 0.1) is 0 Å². The fourth-order valence-electron chi connectivity index (χ4n) is 3.90. The van der Waals surface area contributed by atoms with Gasteiger partial charge in [-0.25, -0.2) is 0 Å². The van der Waals surface area contributed by atoms with Crippen LogP contribution in [-0.4, -0.2) is 34.4 Å². The first-order valence-electron chi connectivity index (χ1n) is 9.76. The fourth-order valence-corrected chi connectivity index (χ4v) is 7.38. The number of alkyl halides is 3. The monoisotopic (exact) mass is 476 g/mol. The molecular weight excluding hydrogens is 437 g/mol. The number of thioether (sulfide) groups is 2. The molecule has 28 heavy (non-hydrogen) atoms. The average molecular weight is 477 g/mol. The van der Waals surface area contributed by atoms with Gasteiger partial charge in [-0.05, 0) is 61.4 Å². The molecule has 0 fully saturated rings. The van der Waals surface area contributed by atoms with Gasteiger partial charge in [-0.1, -0.05) is 51.5 Å². The second-order valence-corrected chi connectivity index (χ2v) is 12.8. The summed E-state index contributed by atoms with van der Waals surface area (Å²) < 4.78 is 39.6. The number of allylic oxidation sites excluding steroid dienone is 1. The van der Waals surface area contributed by atoms with Crippen LogP contribution in [0.2, 0.25) is 0 Å². The van der Waals surface area contributed by atoms with Crippen LogP contribution in [0.4, 0.5) is 13.2 Å². The molecule has 0 aliphatic carbocycles. The SMILES string of the molecule is C=CC(CC(C)(C)CSS)C(CCC(C)(C)CC(CC)(SC)C(F)(F)F)SC. The third-order valence-corrected chi connectivity index (χ3v) is 9.61. The molecule has 0 rings (SSSR count). The molecule has 0 aliphatic rings.